The Kier molecular flexibility index (Phi) is 4.24. The van der Waals surface area contributed by atoms with Gasteiger partial charge in [0, 0.05) is 56.9 Å². The van der Waals surface area contributed by atoms with Crippen LogP contribution in [0.2, 0.25) is 0 Å². The lowest BCUT2D eigenvalue weighted by Gasteiger charge is -2.45. The number of phenolic OH excluding ortho intramolecular Hbond substituents is 1. The number of nitrogens with zero attached hydrogens (tertiary/aromatic N) is 2. The van der Waals surface area contributed by atoms with Crippen molar-refractivity contribution in [1.82, 2.24) is 15.1 Å². The van der Waals surface area contributed by atoms with Crippen LogP contribution in [0, 0.1) is 0 Å². The lowest BCUT2D eigenvalue weighted by molar-refractivity contribution is 0.0497. The van der Waals surface area contributed by atoms with Gasteiger partial charge >= 0.3 is 0 Å². The van der Waals surface area contributed by atoms with E-state index < -0.39 is 0 Å². The summed E-state index contributed by atoms with van der Waals surface area (Å²) in [5, 5.41) is 13.4. The highest BCUT2D eigenvalue weighted by atomic mass is 16.3. The second kappa shape index (κ2) is 6.12. The fourth-order valence-electron chi connectivity index (χ4n) is 3.39. The topological polar surface area (TPSA) is 38.7 Å². The number of rotatable bonds is 4. The number of aromatic hydroxyl groups is 1. The summed E-state index contributed by atoms with van der Waals surface area (Å²) in [6, 6.07) is 8.88. The number of para-hydroxylation sites is 1. The van der Waals surface area contributed by atoms with Gasteiger partial charge in [0.15, 0.2) is 0 Å². The first-order valence-corrected chi connectivity index (χ1v) is 7.76. The van der Waals surface area contributed by atoms with Gasteiger partial charge in [0.05, 0.1) is 0 Å². The van der Waals surface area contributed by atoms with Crippen molar-refractivity contribution < 1.29 is 5.11 Å². The molecule has 2 aliphatic rings. The summed E-state index contributed by atoms with van der Waals surface area (Å²) < 4.78 is 0. The minimum Gasteiger partial charge on any atom is -0.508 e. The lowest BCUT2D eigenvalue weighted by atomic mass is 10.00. The van der Waals surface area contributed by atoms with E-state index in [0.717, 1.165) is 57.3 Å². The van der Waals surface area contributed by atoms with E-state index in [2.05, 4.69) is 28.1 Å². The predicted molar refractivity (Wildman–Crippen MR) is 80.9 cm³/mol. The molecule has 0 aromatic heterocycles. The van der Waals surface area contributed by atoms with Gasteiger partial charge < -0.3 is 10.4 Å². The molecule has 2 N–H and O–H groups in total. The average molecular weight is 275 g/mol. The van der Waals surface area contributed by atoms with Gasteiger partial charge in [0.2, 0.25) is 0 Å². The number of phenols is 1. The molecular weight excluding hydrogens is 250 g/mol. The van der Waals surface area contributed by atoms with Crippen LogP contribution in [0.5, 0.6) is 5.75 Å². The predicted octanol–water partition coefficient (Wildman–Crippen LogP) is 1.43. The smallest absolute Gasteiger partial charge is 0.120 e. The van der Waals surface area contributed by atoms with Crippen LogP contribution < -0.4 is 5.32 Å². The standard InChI is InChI=1S/C16H25N3O/c1-2-15(14-5-3-4-6-16(14)20)19-9-7-18(8-10-19)13-11-17-12-13/h3-6,13,15,17,20H,2,7-12H2,1H3. The van der Waals surface area contributed by atoms with Gasteiger partial charge in [-0.05, 0) is 12.5 Å². The van der Waals surface area contributed by atoms with Crippen molar-refractivity contribution in [3.63, 3.8) is 0 Å². The maximum atomic E-state index is 10.1. The zero-order valence-corrected chi connectivity index (χ0v) is 12.3. The van der Waals surface area contributed by atoms with E-state index in [1.807, 2.05) is 12.1 Å². The van der Waals surface area contributed by atoms with Crippen LogP contribution >= 0.6 is 0 Å². The van der Waals surface area contributed by atoms with Gasteiger partial charge in [0.25, 0.3) is 0 Å². The van der Waals surface area contributed by atoms with Crippen LogP contribution in [0.3, 0.4) is 0 Å². The normalized spacial score (nSPS) is 23.4. The second-order valence-electron chi connectivity index (χ2n) is 5.87. The average Bonchev–Trinajstić information content (AvgIpc) is 2.41. The van der Waals surface area contributed by atoms with E-state index in [4.69, 9.17) is 0 Å². The number of piperazine rings is 1. The zero-order chi connectivity index (χ0) is 13.9. The van der Waals surface area contributed by atoms with E-state index in [9.17, 15) is 5.11 Å². The van der Waals surface area contributed by atoms with Crippen molar-refractivity contribution in [3.8, 4) is 5.75 Å². The van der Waals surface area contributed by atoms with Crippen molar-refractivity contribution in [2.24, 2.45) is 0 Å². The molecule has 2 saturated heterocycles. The van der Waals surface area contributed by atoms with E-state index in [-0.39, 0.29) is 0 Å². The molecule has 1 aromatic carbocycles. The van der Waals surface area contributed by atoms with Crippen molar-refractivity contribution in [2.75, 3.05) is 39.3 Å². The molecule has 4 nitrogen and oxygen atoms in total. The molecule has 1 unspecified atom stereocenters. The molecule has 2 fully saturated rings. The molecule has 2 aliphatic heterocycles. The second-order valence-corrected chi connectivity index (χ2v) is 5.87. The third-order valence-corrected chi connectivity index (χ3v) is 4.75. The van der Waals surface area contributed by atoms with E-state index in [1.54, 1.807) is 6.07 Å². The number of nitrogens with one attached hydrogen (secondary N) is 1. The van der Waals surface area contributed by atoms with Crippen molar-refractivity contribution in [2.45, 2.75) is 25.4 Å². The number of hydrogen-bond acceptors (Lipinski definition) is 4. The Morgan fingerprint density at radius 2 is 1.90 bits per heavy atom. The fraction of sp³-hybridized carbons (Fsp3) is 0.625. The minimum absolute atomic E-state index is 0.345. The summed E-state index contributed by atoms with van der Waals surface area (Å²) in [6.45, 7) is 9.01. The monoisotopic (exact) mass is 275 g/mol. The first-order valence-electron chi connectivity index (χ1n) is 7.76. The molecule has 0 bridgehead atoms. The first kappa shape index (κ1) is 13.9. The Morgan fingerprint density at radius 3 is 2.45 bits per heavy atom. The van der Waals surface area contributed by atoms with Gasteiger partial charge in [-0.1, -0.05) is 25.1 Å². The molecule has 0 spiro atoms. The molecule has 20 heavy (non-hydrogen) atoms. The summed E-state index contributed by atoms with van der Waals surface area (Å²) in [5.41, 5.74) is 1.08. The largest absolute Gasteiger partial charge is 0.508 e. The van der Waals surface area contributed by atoms with Crippen LogP contribution in [-0.2, 0) is 0 Å². The summed E-state index contributed by atoms with van der Waals surface area (Å²) in [6.07, 6.45) is 1.04. The maximum absolute atomic E-state index is 10.1. The van der Waals surface area contributed by atoms with E-state index >= 15 is 0 Å². The van der Waals surface area contributed by atoms with Crippen LogP contribution in [0.15, 0.2) is 24.3 Å². The van der Waals surface area contributed by atoms with Crippen LogP contribution in [0.1, 0.15) is 24.9 Å². The maximum Gasteiger partial charge on any atom is 0.120 e. The molecule has 110 valence electrons. The summed E-state index contributed by atoms with van der Waals surface area (Å²) in [7, 11) is 0. The minimum atomic E-state index is 0.345. The van der Waals surface area contributed by atoms with Crippen molar-refractivity contribution in [3.05, 3.63) is 29.8 Å². The third kappa shape index (κ3) is 2.68. The van der Waals surface area contributed by atoms with Gasteiger partial charge in [0.1, 0.15) is 5.75 Å². The Morgan fingerprint density at radius 1 is 1.20 bits per heavy atom. The Bertz CT molecular complexity index is 439. The SMILES string of the molecule is CCC(c1ccccc1O)N1CCN(C2CNC2)CC1. The molecule has 2 heterocycles. The Balaban J connectivity index is 1.64. The molecule has 0 amide bonds. The van der Waals surface area contributed by atoms with Crippen molar-refractivity contribution in [1.29, 1.82) is 0 Å². The molecule has 0 radical (unpaired) electrons. The molecule has 0 saturated carbocycles. The van der Waals surface area contributed by atoms with E-state index in [1.165, 1.54) is 0 Å². The van der Waals surface area contributed by atoms with Gasteiger partial charge in [-0.15, -0.1) is 0 Å². The molecule has 3 rings (SSSR count). The Labute approximate surface area is 121 Å². The molecular formula is C16H25N3O. The van der Waals surface area contributed by atoms with Gasteiger partial charge in [-0.25, -0.2) is 0 Å². The number of hydrogen-bond donors (Lipinski definition) is 2. The van der Waals surface area contributed by atoms with Crippen molar-refractivity contribution >= 4 is 0 Å². The first-order chi connectivity index (χ1) is 9.79. The summed E-state index contributed by atoms with van der Waals surface area (Å²) in [4.78, 5) is 5.13. The quantitative estimate of drug-likeness (QED) is 0.872. The lowest BCUT2D eigenvalue weighted by Crippen LogP contribution is -2.61. The molecule has 0 aliphatic carbocycles. The Hall–Kier alpha value is -1.10. The van der Waals surface area contributed by atoms with Crippen LogP contribution in [0.25, 0.3) is 0 Å². The fourth-order valence-corrected chi connectivity index (χ4v) is 3.39. The number of benzene rings is 1. The van der Waals surface area contributed by atoms with Gasteiger partial charge in [-0.3, -0.25) is 9.80 Å². The van der Waals surface area contributed by atoms with E-state index in [0.29, 0.717) is 11.8 Å². The third-order valence-electron chi connectivity index (χ3n) is 4.75. The summed E-state index contributed by atoms with van der Waals surface area (Å²) in [5.74, 6) is 0.435. The molecule has 1 atom stereocenters. The van der Waals surface area contributed by atoms with Gasteiger partial charge in [-0.2, -0.15) is 0 Å². The van der Waals surface area contributed by atoms with Crippen LogP contribution in [0.4, 0.5) is 0 Å². The molecule has 1 aromatic rings. The summed E-state index contributed by atoms with van der Waals surface area (Å²) >= 11 is 0. The highest BCUT2D eigenvalue weighted by Crippen LogP contribution is 2.31. The molecule has 4 heteroatoms. The highest BCUT2D eigenvalue weighted by molar-refractivity contribution is 5.34. The van der Waals surface area contributed by atoms with Crippen LogP contribution in [-0.4, -0.2) is 60.2 Å². The highest BCUT2D eigenvalue weighted by Gasteiger charge is 2.30. The zero-order valence-electron chi connectivity index (χ0n) is 12.3.